The molecule has 3 rings (SSSR count). The second-order valence-electron chi connectivity index (χ2n) is 6.10. The molecule has 6 heteroatoms. The zero-order chi connectivity index (χ0) is 19.4. The van der Waals surface area contributed by atoms with E-state index in [1.54, 1.807) is 4.90 Å². The molecule has 27 heavy (non-hydrogen) atoms. The Hall–Kier alpha value is -3.12. The van der Waals surface area contributed by atoms with E-state index >= 15 is 0 Å². The molecule has 0 aliphatic carbocycles. The van der Waals surface area contributed by atoms with E-state index in [1.807, 2.05) is 49.4 Å². The summed E-state index contributed by atoms with van der Waals surface area (Å²) in [6, 6.07) is 15.7. The topological polar surface area (TPSA) is 65.1 Å². The zero-order valence-corrected chi connectivity index (χ0v) is 15.5. The Morgan fingerprint density at radius 1 is 1.00 bits per heavy atom. The van der Waals surface area contributed by atoms with Gasteiger partial charge in [-0.25, -0.2) is 9.59 Å². The Bertz CT molecular complexity index is 903. The van der Waals surface area contributed by atoms with Crippen LogP contribution in [0.4, 0.5) is 5.69 Å². The molecule has 6 nitrogen and oxygen atoms in total. The Morgan fingerprint density at radius 3 is 2.44 bits per heavy atom. The summed E-state index contributed by atoms with van der Waals surface area (Å²) >= 11 is 0. The van der Waals surface area contributed by atoms with Gasteiger partial charge in [-0.05, 0) is 18.6 Å². The van der Waals surface area contributed by atoms with E-state index in [9.17, 15) is 9.59 Å². The zero-order valence-electron chi connectivity index (χ0n) is 15.5. The summed E-state index contributed by atoms with van der Waals surface area (Å²) in [6.07, 6.45) is 0. The van der Waals surface area contributed by atoms with Gasteiger partial charge in [0.2, 0.25) is 0 Å². The number of esters is 2. The van der Waals surface area contributed by atoms with Crippen molar-refractivity contribution < 1.29 is 23.8 Å². The van der Waals surface area contributed by atoms with Crippen LogP contribution >= 0.6 is 0 Å². The fourth-order valence-corrected chi connectivity index (χ4v) is 3.10. The van der Waals surface area contributed by atoms with Crippen LogP contribution in [-0.2, 0) is 23.8 Å². The molecule has 0 amide bonds. The molecular weight excluding hydrogens is 346 g/mol. The molecule has 0 spiro atoms. The first kappa shape index (κ1) is 18.7. The summed E-state index contributed by atoms with van der Waals surface area (Å²) in [5.74, 6) is -1.23. The third-order valence-corrected chi connectivity index (χ3v) is 4.36. The highest BCUT2D eigenvalue weighted by molar-refractivity contribution is 6.04. The average molecular weight is 367 g/mol. The van der Waals surface area contributed by atoms with Crippen LogP contribution in [0.25, 0.3) is 11.1 Å². The molecule has 1 heterocycles. The predicted molar refractivity (Wildman–Crippen MR) is 101 cm³/mol. The number of nitrogens with zero attached hydrogens (tertiary/aromatic N) is 1. The second kappa shape index (κ2) is 8.05. The van der Waals surface area contributed by atoms with Gasteiger partial charge in [0.1, 0.15) is 12.4 Å². The molecule has 0 bridgehead atoms. The highest BCUT2D eigenvalue weighted by atomic mass is 16.5. The predicted octanol–water partition coefficient (Wildman–Crippen LogP) is 3.06. The molecule has 0 aromatic heterocycles. The number of methoxy groups -OCH3 is 2. The van der Waals surface area contributed by atoms with Gasteiger partial charge in [-0.15, -0.1) is 0 Å². The highest BCUT2D eigenvalue weighted by Gasteiger charge is 2.33. The first-order chi connectivity index (χ1) is 13.1. The Labute approximate surface area is 158 Å². The van der Waals surface area contributed by atoms with Gasteiger partial charge in [-0.1, -0.05) is 48.0 Å². The van der Waals surface area contributed by atoms with Gasteiger partial charge >= 0.3 is 11.9 Å². The number of carbonyl (C=O) groups excluding carboxylic acids is 2. The number of benzene rings is 2. The number of carbonyl (C=O) groups is 2. The molecule has 0 atom stereocenters. The number of hydrogen-bond acceptors (Lipinski definition) is 6. The molecule has 0 unspecified atom stereocenters. The normalized spacial score (nSPS) is 14.1. The van der Waals surface area contributed by atoms with Gasteiger partial charge in [0.05, 0.1) is 32.1 Å². The highest BCUT2D eigenvalue weighted by Crippen LogP contribution is 2.35. The van der Waals surface area contributed by atoms with Crippen LogP contribution in [0, 0.1) is 6.92 Å². The molecular formula is C21H21NO5. The van der Waals surface area contributed by atoms with Gasteiger partial charge in [0, 0.05) is 5.56 Å². The summed E-state index contributed by atoms with van der Waals surface area (Å²) in [4.78, 5) is 26.3. The van der Waals surface area contributed by atoms with Gasteiger partial charge in [-0.3, -0.25) is 0 Å². The van der Waals surface area contributed by atoms with Crippen molar-refractivity contribution in [3.8, 4) is 11.1 Å². The molecule has 0 saturated carbocycles. The van der Waals surface area contributed by atoms with Crippen LogP contribution in [-0.4, -0.2) is 39.5 Å². The molecule has 0 fully saturated rings. The van der Waals surface area contributed by atoms with Crippen LogP contribution in [0.15, 0.2) is 59.8 Å². The summed E-state index contributed by atoms with van der Waals surface area (Å²) in [5, 5.41) is 0. The third-order valence-electron chi connectivity index (χ3n) is 4.36. The standard InChI is InChI=1S/C21H21NO5/c1-14-7-6-8-15(11-14)16-9-4-5-10-18(16)22-13-27-12-17(20(23)25-2)19(22)21(24)26-3/h4-11H,12-13H2,1-3H3. The lowest BCUT2D eigenvalue weighted by molar-refractivity contribution is -0.140. The Balaban J connectivity index is 2.18. The monoisotopic (exact) mass is 367 g/mol. The smallest absolute Gasteiger partial charge is 0.355 e. The van der Waals surface area contributed by atoms with Gasteiger partial charge < -0.3 is 19.1 Å². The maximum Gasteiger partial charge on any atom is 0.355 e. The lowest BCUT2D eigenvalue weighted by atomic mass is 10.0. The minimum Gasteiger partial charge on any atom is -0.466 e. The lowest BCUT2D eigenvalue weighted by Crippen LogP contribution is -2.39. The van der Waals surface area contributed by atoms with E-state index < -0.39 is 11.9 Å². The van der Waals surface area contributed by atoms with Crippen LogP contribution < -0.4 is 4.90 Å². The molecule has 2 aromatic rings. The second-order valence-corrected chi connectivity index (χ2v) is 6.10. The summed E-state index contributed by atoms with van der Waals surface area (Å²) < 4.78 is 15.3. The number of aryl methyl sites for hydroxylation is 1. The van der Waals surface area contributed by atoms with Crippen molar-refractivity contribution in [1.29, 1.82) is 0 Å². The van der Waals surface area contributed by atoms with Gasteiger partial charge in [0.25, 0.3) is 0 Å². The molecule has 0 saturated heterocycles. The summed E-state index contributed by atoms with van der Waals surface area (Å²) in [5.41, 5.74) is 4.04. The fraction of sp³-hybridized carbons (Fsp3) is 0.238. The average Bonchev–Trinajstić information content (AvgIpc) is 2.72. The fourth-order valence-electron chi connectivity index (χ4n) is 3.10. The quantitative estimate of drug-likeness (QED) is 0.774. The Morgan fingerprint density at radius 2 is 1.74 bits per heavy atom. The van der Waals surface area contributed by atoms with Crippen molar-refractivity contribution in [2.45, 2.75) is 6.92 Å². The van der Waals surface area contributed by atoms with E-state index in [0.29, 0.717) is 0 Å². The van der Waals surface area contributed by atoms with Crippen LogP contribution in [0.1, 0.15) is 5.56 Å². The minimum atomic E-state index is -0.617. The summed E-state index contributed by atoms with van der Waals surface area (Å²) in [7, 11) is 2.55. The number of anilines is 1. The number of rotatable bonds is 4. The SMILES string of the molecule is COC(=O)C1=C(C(=O)OC)N(c2ccccc2-c2cccc(C)c2)COC1. The van der Waals surface area contributed by atoms with E-state index in [2.05, 4.69) is 6.07 Å². The lowest BCUT2D eigenvalue weighted by Gasteiger charge is -2.32. The van der Waals surface area contributed by atoms with E-state index in [1.165, 1.54) is 14.2 Å². The van der Waals surface area contributed by atoms with Crippen molar-refractivity contribution in [3.05, 3.63) is 65.4 Å². The maximum atomic E-state index is 12.5. The first-order valence-corrected chi connectivity index (χ1v) is 8.48. The summed E-state index contributed by atoms with van der Waals surface area (Å²) in [6.45, 7) is 2.12. The van der Waals surface area contributed by atoms with Crippen molar-refractivity contribution in [1.82, 2.24) is 0 Å². The van der Waals surface area contributed by atoms with Gasteiger partial charge in [-0.2, -0.15) is 0 Å². The van der Waals surface area contributed by atoms with Gasteiger partial charge in [0.15, 0.2) is 0 Å². The number of ether oxygens (including phenoxy) is 3. The van der Waals surface area contributed by atoms with Crippen molar-refractivity contribution in [2.24, 2.45) is 0 Å². The largest absolute Gasteiger partial charge is 0.466 e. The molecule has 2 aromatic carbocycles. The van der Waals surface area contributed by atoms with E-state index in [4.69, 9.17) is 14.2 Å². The number of hydrogen-bond donors (Lipinski definition) is 0. The van der Waals surface area contributed by atoms with Crippen molar-refractivity contribution in [3.63, 3.8) is 0 Å². The van der Waals surface area contributed by atoms with Crippen molar-refractivity contribution >= 4 is 17.6 Å². The maximum absolute atomic E-state index is 12.5. The molecule has 0 radical (unpaired) electrons. The third kappa shape index (κ3) is 3.71. The minimum absolute atomic E-state index is 0.0137. The molecule has 0 N–H and O–H groups in total. The molecule has 1 aliphatic heterocycles. The van der Waals surface area contributed by atoms with E-state index in [0.717, 1.165) is 22.4 Å². The Kier molecular flexibility index (Phi) is 5.57. The van der Waals surface area contributed by atoms with Crippen LogP contribution in [0.2, 0.25) is 0 Å². The number of para-hydroxylation sites is 1. The molecule has 140 valence electrons. The van der Waals surface area contributed by atoms with Crippen LogP contribution in [0.5, 0.6) is 0 Å². The van der Waals surface area contributed by atoms with Crippen molar-refractivity contribution in [2.75, 3.05) is 32.5 Å². The molecule has 1 aliphatic rings. The van der Waals surface area contributed by atoms with E-state index in [-0.39, 0.29) is 24.6 Å². The van der Waals surface area contributed by atoms with Crippen LogP contribution in [0.3, 0.4) is 0 Å². The first-order valence-electron chi connectivity index (χ1n) is 8.48.